The molecular formula is C41H31F3. The molecule has 0 aromatic heterocycles. The Hall–Kier alpha value is -4.89. The van der Waals surface area contributed by atoms with Crippen LogP contribution < -0.4 is 0 Å². The molecule has 0 saturated carbocycles. The second kappa shape index (κ2) is 10.4. The van der Waals surface area contributed by atoms with Gasteiger partial charge in [0, 0.05) is 0 Å². The van der Waals surface area contributed by atoms with Crippen LogP contribution in [0.4, 0.5) is 13.2 Å². The van der Waals surface area contributed by atoms with Crippen molar-refractivity contribution in [2.45, 2.75) is 32.4 Å². The molecular weight excluding hydrogens is 549 g/mol. The van der Waals surface area contributed by atoms with Gasteiger partial charge < -0.3 is 0 Å². The monoisotopic (exact) mass is 580 g/mol. The third-order valence-corrected chi connectivity index (χ3v) is 8.62. The van der Waals surface area contributed by atoms with Crippen molar-refractivity contribution in [3.63, 3.8) is 0 Å². The van der Waals surface area contributed by atoms with E-state index in [1.165, 1.54) is 23.1 Å². The molecule has 0 bridgehead atoms. The number of benzene rings is 7. The van der Waals surface area contributed by atoms with Crippen LogP contribution in [0.1, 0.15) is 31.9 Å². The maximum absolute atomic E-state index is 13.7. The fraction of sp³-hybridized carbons (Fsp3) is 0.122. The molecule has 0 N–H and O–H groups in total. The van der Waals surface area contributed by atoms with Gasteiger partial charge in [0.1, 0.15) is 0 Å². The van der Waals surface area contributed by atoms with Crippen LogP contribution in [0.25, 0.3) is 65.7 Å². The molecule has 0 unspecified atom stereocenters. The Morgan fingerprint density at radius 3 is 1.64 bits per heavy atom. The van der Waals surface area contributed by atoms with E-state index >= 15 is 0 Å². The lowest BCUT2D eigenvalue weighted by molar-refractivity contribution is -0.137. The molecule has 0 heterocycles. The van der Waals surface area contributed by atoms with Gasteiger partial charge in [-0.05, 0) is 101 Å². The van der Waals surface area contributed by atoms with Crippen molar-refractivity contribution < 1.29 is 13.2 Å². The van der Waals surface area contributed by atoms with Gasteiger partial charge in [0.2, 0.25) is 0 Å². The van der Waals surface area contributed by atoms with Gasteiger partial charge in [-0.3, -0.25) is 0 Å². The Kier molecular flexibility index (Phi) is 6.58. The Balaban J connectivity index is 1.56. The normalized spacial score (nSPS) is 12.3. The molecule has 0 spiro atoms. The van der Waals surface area contributed by atoms with E-state index in [1.54, 1.807) is 6.07 Å². The van der Waals surface area contributed by atoms with E-state index in [-0.39, 0.29) is 5.41 Å². The Labute approximate surface area is 255 Å². The van der Waals surface area contributed by atoms with E-state index in [4.69, 9.17) is 0 Å². The lowest BCUT2D eigenvalue weighted by Gasteiger charge is -2.21. The topological polar surface area (TPSA) is 0 Å². The molecule has 0 amide bonds. The molecule has 0 aliphatic heterocycles. The summed E-state index contributed by atoms with van der Waals surface area (Å²) in [6, 6.07) is 43.7. The summed E-state index contributed by atoms with van der Waals surface area (Å²) in [5, 5.41) is 6.64. The fourth-order valence-corrected chi connectivity index (χ4v) is 6.34. The molecule has 0 aliphatic carbocycles. The first-order valence-electron chi connectivity index (χ1n) is 14.8. The zero-order chi connectivity index (χ0) is 30.6. The van der Waals surface area contributed by atoms with Crippen LogP contribution in [0.5, 0.6) is 0 Å². The van der Waals surface area contributed by atoms with Crippen LogP contribution in [0.3, 0.4) is 0 Å². The predicted octanol–water partition coefficient (Wildman–Crippen LogP) is 12.5. The average Bonchev–Trinajstić information content (AvgIpc) is 3.02. The number of hydrogen-bond acceptors (Lipinski definition) is 0. The van der Waals surface area contributed by atoms with Crippen molar-refractivity contribution in [2.75, 3.05) is 0 Å². The minimum Gasteiger partial charge on any atom is -0.166 e. The van der Waals surface area contributed by atoms with Crippen molar-refractivity contribution in [3.05, 3.63) is 145 Å². The number of fused-ring (bicyclic) bond motifs is 3. The van der Waals surface area contributed by atoms with Gasteiger partial charge in [-0.15, -0.1) is 0 Å². The summed E-state index contributed by atoms with van der Waals surface area (Å²) >= 11 is 0. The Bertz CT molecular complexity index is 2180. The second-order valence-electron chi connectivity index (χ2n) is 12.5. The zero-order valence-corrected chi connectivity index (χ0v) is 24.8. The summed E-state index contributed by atoms with van der Waals surface area (Å²) < 4.78 is 41.0. The minimum absolute atomic E-state index is 0.0132. The van der Waals surface area contributed by atoms with Crippen LogP contribution in [0.15, 0.2) is 133 Å². The van der Waals surface area contributed by atoms with Crippen LogP contribution in [-0.4, -0.2) is 0 Å². The van der Waals surface area contributed by atoms with Crippen molar-refractivity contribution in [2.24, 2.45) is 0 Å². The lowest BCUT2D eigenvalue weighted by Crippen LogP contribution is -2.10. The highest BCUT2D eigenvalue weighted by atomic mass is 19.4. The smallest absolute Gasteiger partial charge is 0.166 e. The van der Waals surface area contributed by atoms with E-state index in [9.17, 15) is 13.2 Å². The molecule has 3 heteroatoms. The number of rotatable bonds is 3. The van der Waals surface area contributed by atoms with Crippen molar-refractivity contribution in [3.8, 4) is 33.4 Å². The van der Waals surface area contributed by atoms with Gasteiger partial charge in [0.25, 0.3) is 0 Å². The summed E-state index contributed by atoms with van der Waals surface area (Å²) in [6.07, 6.45) is -4.41. The highest BCUT2D eigenvalue weighted by Gasteiger charge is 2.30. The Morgan fingerprint density at radius 2 is 0.955 bits per heavy atom. The van der Waals surface area contributed by atoms with Gasteiger partial charge in [-0.2, -0.15) is 13.2 Å². The van der Waals surface area contributed by atoms with Crippen LogP contribution in [-0.2, 0) is 11.6 Å². The molecule has 216 valence electrons. The van der Waals surface area contributed by atoms with Crippen molar-refractivity contribution >= 4 is 32.3 Å². The molecule has 44 heavy (non-hydrogen) atoms. The number of alkyl halides is 3. The van der Waals surface area contributed by atoms with Gasteiger partial charge in [-0.1, -0.05) is 130 Å². The maximum Gasteiger partial charge on any atom is 0.416 e. The molecule has 0 atom stereocenters. The summed E-state index contributed by atoms with van der Waals surface area (Å²) in [4.78, 5) is 0. The molecule has 0 aliphatic rings. The molecule has 0 fully saturated rings. The van der Waals surface area contributed by atoms with E-state index in [0.717, 1.165) is 60.8 Å². The Morgan fingerprint density at radius 1 is 0.386 bits per heavy atom. The molecule has 7 rings (SSSR count). The quantitative estimate of drug-likeness (QED) is 0.182. The fourth-order valence-electron chi connectivity index (χ4n) is 6.34. The second-order valence-corrected chi connectivity index (χ2v) is 12.5. The van der Waals surface area contributed by atoms with E-state index in [2.05, 4.69) is 112 Å². The largest absolute Gasteiger partial charge is 0.416 e. The minimum atomic E-state index is -4.41. The first kappa shape index (κ1) is 27.9. The summed E-state index contributed by atoms with van der Waals surface area (Å²) in [5.74, 6) is 0. The molecule has 0 nitrogen and oxygen atoms in total. The lowest BCUT2D eigenvalue weighted by atomic mass is 9.83. The van der Waals surface area contributed by atoms with E-state index < -0.39 is 11.7 Å². The first-order chi connectivity index (χ1) is 21.1. The zero-order valence-electron chi connectivity index (χ0n) is 24.8. The van der Waals surface area contributed by atoms with Crippen LogP contribution in [0.2, 0.25) is 0 Å². The molecule has 0 radical (unpaired) electrons. The predicted molar refractivity (Wildman–Crippen MR) is 179 cm³/mol. The van der Waals surface area contributed by atoms with E-state index in [0.29, 0.717) is 5.56 Å². The molecule has 0 saturated heterocycles. The average molecular weight is 581 g/mol. The number of hydrogen-bond donors (Lipinski definition) is 0. The van der Waals surface area contributed by atoms with E-state index in [1.807, 2.05) is 18.2 Å². The third kappa shape index (κ3) is 4.93. The van der Waals surface area contributed by atoms with Crippen molar-refractivity contribution in [1.29, 1.82) is 0 Å². The summed E-state index contributed by atoms with van der Waals surface area (Å²) in [7, 11) is 0. The van der Waals surface area contributed by atoms with Crippen molar-refractivity contribution in [1.82, 2.24) is 0 Å². The summed E-state index contributed by atoms with van der Waals surface area (Å²) in [6.45, 7) is 6.60. The highest BCUT2D eigenvalue weighted by Crippen LogP contribution is 2.45. The van der Waals surface area contributed by atoms with Gasteiger partial charge in [-0.25, -0.2) is 0 Å². The SMILES string of the molecule is CC(C)(C)c1ccc(-c2c3ccccc3c(-c3ccc4ccccc4c3)c3ccc(-c4cccc(C(F)(F)F)c4)cc23)cc1. The first-order valence-corrected chi connectivity index (χ1v) is 14.8. The highest BCUT2D eigenvalue weighted by molar-refractivity contribution is 6.22. The maximum atomic E-state index is 13.7. The molecule has 7 aromatic rings. The van der Waals surface area contributed by atoms with Gasteiger partial charge in [0.15, 0.2) is 0 Å². The van der Waals surface area contributed by atoms with Gasteiger partial charge in [0.05, 0.1) is 5.56 Å². The third-order valence-electron chi connectivity index (χ3n) is 8.62. The van der Waals surface area contributed by atoms with Gasteiger partial charge >= 0.3 is 6.18 Å². The number of halogens is 3. The standard InChI is InChI=1S/C41H31F3/c1-40(2,3)32-20-17-27(18-21-32)38-34-13-6-7-14-35(34)39(31-16-15-26-9-4-5-10-28(26)23-31)36-22-19-30(25-37(36)38)29-11-8-12-33(24-29)41(42,43)44/h4-25H,1-3H3. The van der Waals surface area contributed by atoms with Crippen LogP contribution >= 0.6 is 0 Å². The summed E-state index contributed by atoms with van der Waals surface area (Å²) in [5.41, 5.74) is 6.26. The molecule has 7 aromatic carbocycles. The van der Waals surface area contributed by atoms with Crippen LogP contribution in [0, 0.1) is 0 Å².